The summed E-state index contributed by atoms with van der Waals surface area (Å²) in [5.74, 6) is -0.230. The molecule has 4 amide bonds. The quantitative estimate of drug-likeness (QED) is 0.183. The largest absolute Gasteiger partial charge is 0.489 e. The first-order chi connectivity index (χ1) is 19.4. The van der Waals surface area contributed by atoms with Crippen LogP contribution in [0.4, 0.5) is 10.5 Å². The van der Waals surface area contributed by atoms with Crippen molar-refractivity contribution in [1.82, 2.24) is 5.32 Å². The minimum atomic E-state index is -0.810. The van der Waals surface area contributed by atoms with Crippen molar-refractivity contribution in [3.63, 3.8) is 0 Å². The molecule has 5 rings (SSSR count). The molecule has 0 radical (unpaired) electrons. The van der Waals surface area contributed by atoms with Crippen molar-refractivity contribution in [3.8, 4) is 11.5 Å². The fourth-order valence-electron chi connectivity index (χ4n) is 4.01. The molecule has 1 aliphatic rings. The van der Waals surface area contributed by atoms with E-state index < -0.39 is 17.8 Å². The molecule has 1 aliphatic heterocycles. The third-order valence-electron chi connectivity index (χ3n) is 6.23. The minimum absolute atomic E-state index is 0.150. The Morgan fingerprint density at radius 1 is 0.725 bits per heavy atom. The van der Waals surface area contributed by atoms with E-state index in [1.54, 1.807) is 48.5 Å². The van der Waals surface area contributed by atoms with E-state index in [0.29, 0.717) is 36.0 Å². The summed E-state index contributed by atoms with van der Waals surface area (Å²) < 4.78 is 12.6. The Bertz CT molecular complexity index is 1560. The number of nitrogens with zero attached hydrogens (tertiary/aromatic N) is 1. The third-order valence-corrected chi connectivity index (χ3v) is 6.76. The van der Waals surface area contributed by atoms with Crippen LogP contribution in [0.15, 0.2) is 107 Å². The van der Waals surface area contributed by atoms with Crippen LogP contribution < -0.4 is 19.7 Å². The van der Waals surface area contributed by atoms with Crippen molar-refractivity contribution >= 4 is 45.5 Å². The molecule has 0 bridgehead atoms. The Morgan fingerprint density at radius 3 is 1.82 bits per heavy atom. The molecule has 0 saturated carbocycles. The normalized spacial score (nSPS) is 14.3. The topological polar surface area (TPSA) is 84.9 Å². The number of nitrogens with one attached hydrogen (secondary N) is 1. The van der Waals surface area contributed by atoms with Gasteiger partial charge in [-0.3, -0.25) is 14.9 Å². The van der Waals surface area contributed by atoms with Gasteiger partial charge in [-0.1, -0.05) is 70.0 Å². The molecule has 1 heterocycles. The van der Waals surface area contributed by atoms with E-state index in [9.17, 15) is 14.4 Å². The van der Waals surface area contributed by atoms with Gasteiger partial charge in [0.1, 0.15) is 30.3 Å². The number of ether oxygens (including phenoxy) is 2. The summed E-state index contributed by atoms with van der Waals surface area (Å²) in [6.45, 7) is 2.82. The van der Waals surface area contributed by atoms with Gasteiger partial charge in [0.2, 0.25) is 0 Å². The molecule has 0 atom stereocenters. The van der Waals surface area contributed by atoms with Crippen LogP contribution in [0.1, 0.15) is 22.3 Å². The number of aryl methyl sites for hydroxylation is 1. The monoisotopic (exact) mass is 596 g/mol. The van der Waals surface area contributed by atoms with E-state index in [2.05, 4.69) is 21.2 Å². The van der Waals surface area contributed by atoms with Gasteiger partial charge in [-0.25, -0.2) is 9.69 Å². The lowest BCUT2D eigenvalue weighted by Gasteiger charge is -2.26. The van der Waals surface area contributed by atoms with Crippen LogP contribution in [0.5, 0.6) is 11.5 Å². The first-order valence-electron chi connectivity index (χ1n) is 12.5. The van der Waals surface area contributed by atoms with Gasteiger partial charge in [-0.05, 0) is 78.2 Å². The zero-order valence-corrected chi connectivity index (χ0v) is 23.2. The van der Waals surface area contributed by atoms with Gasteiger partial charge in [0, 0.05) is 4.47 Å². The highest BCUT2D eigenvalue weighted by atomic mass is 79.9. The van der Waals surface area contributed by atoms with Gasteiger partial charge < -0.3 is 9.47 Å². The summed E-state index contributed by atoms with van der Waals surface area (Å²) in [6, 6.07) is 28.6. The van der Waals surface area contributed by atoms with Crippen molar-refractivity contribution in [2.75, 3.05) is 4.90 Å². The van der Waals surface area contributed by atoms with Crippen LogP contribution in [-0.4, -0.2) is 17.8 Å². The van der Waals surface area contributed by atoms with Gasteiger partial charge >= 0.3 is 6.03 Å². The van der Waals surface area contributed by atoms with Gasteiger partial charge in [0.05, 0.1) is 5.69 Å². The lowest BCUT2D eigenvalue weighted by molar-refractivity contribution is -0.122. The summed E-state index contributed by atoms with van der Waals surface area (Å²) in [5, 5.41) is 2.25. The summed E-state index contributed by atoms with van der Waals surface area (Å²) in [4.78, 5) is 39.3. The van der Waals surface area contributed by atoms with Crippen LogP contribution in [0.25, 0.3) is 6.08 Å². The number of anilines is 1. The van der Waals surface area contributed by atoms with E-state index in [0.717, 1.165) is 20.5 Å². The fourth-order valence-corrected chi connectivity index (χ4v) is 4.27. The maximum Gasteiger partial charge on any atom is 0.335 e. The molecule has 8 heteroatoms. The number of urea groups is 1. The molecule has 1 saturated heterocycles. The average molecular weight is 597 g/mol. The second-order valence-corrected chi connectivity index (χ2v) is 10.1. The number of hydrogen-bond donors (Lipinski definition) is 1. The summed E-state index contributed by atoms with van der Waals surface area (Å²) in [5.41, 5.74) is 4.01. The van der Waals surface area contributed by atoms with E-state index in [4.69, 9.17) is 9.47 Å². The van der Waals surface area contributed by atoms with E-state index in [-0.39, 0.29) is 5.57 Å². The Kier molecular flexibility index (Phi) is 8.07. The summed E-state index contributed by atoms with van der Waals surface area (Å²) in [6.07, 6.45) is 1.45. The van der Waals surface area contributed by atoms with E-state index >= 15 is 0 Å². The Morgan fingerprint density at radius 2 is 1.25 bits per heavy atom. The Balaban J connectivity index is 1.25. The summed E-state index contributed by atoms with van der Waals surface area (Å²) >= 11 is 3.40. The molecule has 0 aliphatic carbocycles. The van der Waals surface area contributed by atoms with Crippen molar-refractivity contribution < 1.29 is 23.9 Å². The highest BCUT2D eigenvalue weighted by molar-refractivity contribution is 9.10. The maximum atomic E-state index is 13.2. The van der Waals surface area contributed by atoms with Crippen molar-refractivity contribution in [2.24, 2.45) is 0 Å². The molecule has 0 spiro atoms. The molecular formula is C32H25BrN2O5. The molecule has 40 heavy (non-hydrogen) atoms. The zero-order chi connectivity index (χ0) is 28.1. The highest BCUT2D eigenvalue weighted by Crippen LogP contribution is 2.25. The minimum Gasteiger partial charge on any atom is -0.489 e. The third kappa shape index (κ3) is 6.47. The van der Waals surface area contributed by atoms with E-state index in [1.165, 1.54) is 11.6 Å². The molecule has 200 valence electrons. The van der Waals surface area contributed by atoms with Gasteiger partial charge in [-0.2, -0.15) is 0 Å². The second kappa shape index (κ2) is 12.0. The SMILES string of the molecule is Cc1ccc(COc2ccc(/C=C3\C(=O)NC(=O)N(c4ccc(OCc5ccc(Br)cc5)cc4)C3=O)cc2)cc1. The van der Waals surface area contributed by atoms with Crippen molar-refractivity contribution in [3.05, 3.63) is 129 Å². The Hall–Kier alpha value is -4.69. The van der Waals surface area contributed by atoms with Gasteiger partial charge in [-0.15, -0.1) is 0 Å². The van der Waals surface area contributed by atoms with Crippen molar-refractivity contribution in [1.29, 1.82) is 0 Å². The number of barbiturate groups is 1. The van der Waals surface area contributed by atoms with E-state index in [1.807, 2.05) is 55.5 Å². The molecule has 1 N–H and O–H groups in total. The fraction of sp³-hybridized carbons (Fsp3) is 0.0938. The molecule has 0 unspecified atom stereocenters. The molecular weight excluding hydrogens is 572 g/mol. The molecule has 7 nitrogen and oxygen atoms in total. The Labute approximate surface area is 240 Å². The lowest BCUT2D eigenvalue weighted by Crippen LogP contribution is -2.54. The number of amides is 4. The highest BCUT2D eigenvalue weighted by Gasteiger charge is 2.36. The van der Waals surface area contributed by atoms with Gasteiger partial charge in [0.25, 0.3) is 11.8 Å². The number of imide groups is 2. The van der Waals surface area contributed by atoms with Crippen LogP contribution in [0.3, 0.4) is 0 Å². The van der Waals surface area contributed by atoms with Crippen LogP contribution in [-0.2, 0) is 22.8 Å². The van der Waals surface area contributed by atoms with Crippen LogP contribution in [0, 0.1) is 6.92 Å². The maximum absolute atomic E-state index is 13.2. The number of rotatable bonds is 8. The molecule has 0 aromatic heterocycles. The average Bonchev–Trinajstić information content (AvgIpc) is 2.96. The number of benzene rings is 4. The lowest BCUT2D eigenvalue weighted by atomic mass is 10.1. The number of hydrogen-bond acceptors (Lipinski definition) is 5. The van der Waals surface area contributed by atoms with Crippen molar-refractivity contribution in [2.45, 2.75) is 20.1 Å². The second-order valence-electron chi connectivity index (χ2n) is 9.21. The predicted octanol–water partition coefficient (Wildman–Crippen LogP) is 6.58. The number of carbonyl (C=O) groups is 3. The molecule has 4 aromatic rings. The predicted molar refractivity (Wildman–Crippen MR) is 156 cm³/mol. The molecule has 1 fully saturated rings. The first-order valence-corrected chi connectivity index (χ1v) is 13.3. The standard InChI is InChI=1S/C32H25BrN2O5/c1-21-2-4-23(5-3-21)19-39-27-14-8-22(9-15-27)18-29-30(36)34-32(38)35(31(29)37)26-12-16-28(17-13-26)40-20-24-6-10-25(33)11-7-24/h2-18H,19-20H2,1H3,(H,34,36,38)/b29-18+. The zero-order valence-electron chi connectivity index (χ0n) is 21.6. The smallest absolute Gasteiger partial charge is 0.335 e. The summed E-state index contributed by atoms with van der Waals surface area (Å²) in [7, 11) is 0. The first kappa shape index (κ1) is 26.9. The molecule has 4 aromatic carbocycles. The number of carbonyl (C=O) groups excluding carboxylic acids is 3. The van der Waals surface area contributed by atoms with Crippen LogP contribution in [0.2, 0.25) is 0 Å². The number of halogens is 1. The van der Waals surface area contributed by atoms with Gasteiger partial charge in [0.15, 0.2) is 0 Å². The van der Waals surface area contributed by atoms with Crippen LogP contribution >= 0.6 is 15.9 Å².